The predicted octanol–water partition coefficient (Wildman–Crippen LogP) is 0.0651. The van der Waals surface area contributed by atoms with E-state index >= 15 is 0 Å². The summed E-state index contributed by atoms with van der Waals surface area (Å²) in [6.07, 6.45) is 1.06. The Morgan fingerprint density at radius 3 is 2.61 bits per heavy atom. The van der Waals surface area contributed by atoms with Crippen molar-refractivity contribution in [2.45, 2.75) is 45.7 Å². The van der Waals surface area contributed by atoms with Crippen molar-refractivity contribution in [2.24, 2.45) is 0 Å². The van der Waals surface area contributed by atoms with Crippen molar-refractivity contribution in [1.82, 2.24) is 10.2 Å². The molecule has 1 aliphatic rings. The number of esters is 1. The van der Waals surface area contributed by atoms with Gasteiger partial charge in [0.1, 0.15) is 6.04 Å². The van der Waals surface area contributed by atoms with Gasteiger partial charge in [0.2, 0.25) is 11.8 Å². The van der Waals surface area contributed by atoms with Gasteiger partial charge in [0.15, 0.2) is 0 Å². The molecule has 0 saturated carbocycles. The fourth-order valence-corrected chi connectivity index (χ4v) is 2.21. The van der Waals surface area contributed by atoms with E-state index in [4.69, 9.17) is 4.74 Å². The SMILES string of the molecule is CCOC(=O)C(CC)N1CC(=O)NC(=O)C1CC. The van der Waals surface area contributed by atoms with Gasteiger partial charge in [0.05, 0.1) is 19.2 Å². The van der Waals surface area contributed by atoms with Crippen molar-refractivity contribution in [3.05, 3.63) is 0 Å². The second-order valence-corrected chi connectivity index (χ2v) is 4.18. The van der Waals surface area contributed by atoms with Crippen molar-refractivity contribution < 1.29 is 19.1 Å². The fourth-order valence-electron chi connectivity index (χ4n) is 2.21. The van der Waals surface area contributed by atoms with Crippen molar-refractivity contribution in [3.8, 4) is 0 Å². The van der Waals surface area contributed by atoms with Crippen LogP contribution in [0.3, 0.4) is 0 Å². The van der Waals surface area contributed by atoms with Crippen LogP contribution in [0.5, 0.6) is 0 Å². The topological polar surface area (TPSA) is 75.7 Å². The monoisotopic (exact) mass is 256 g/mol. The summed E-state index contributed by atoms with van der Waals surface area (Å²) in [7, 11) is 0. The van der Waals surface area contributed by atoms with Crippen molar-refractivity contribution in [3.63, 3.8) is 0 Å². The molecule has 2 amide bonds. The molecule has 0 bridgehead atoms. The van der Waals surface area contributed by atoms with Crippen LogP contribution in [0.1, 0.15) is 33.6 Å². The molecule has 2 atom stereocenters. The number of nitrogens with one attached hydrogen (secondary N) is 1. The minimum absolute atomic E-state index is 0.0571. The van der Waals surface area contributed by atoms with Crippen molar-refractivity contribution in [1.29, 1.82) is 0 Å². The quantitative estimate of drug-likeness (QED) is 0.556. The number of amides is 2. The zero-order chi connectivity index (χ0) is 13.7. The van der Waals surface area contributed by atoms with E-state index in [9.17, 15) is 14.4 Å². The molecule has 102 valence electrons. The first-order valence-electron chi connectivity index (χ1n) is 6.31. The Hall–Kier alpha value is -1.43. The van der Waals surface area contributed by atoms with E-state index in [1.165, 1.54) is 0 Å². The second kappa shape index (κ2) is 6.49. The van der Waals surface area contributed by atoms with Crippen LogP contribution in [0.4, 0.5) is 0 Å². The second-order valence-electron chi connectivity index (χ2n) is 4.18. The van der Waals surface area contributed by atoms with E-state index in [0.717, 1.165) is 0 Å². The van der Waals surface area contributed by atoms with E-state index in [1.54, 1.807) is 11.8 Å². The lowest BCUT2D eigenvalue weighted by atomic mass is 10.0. The van der Waals surface area contributed by atoms with Gasteiger partial charge in [0, 0.05) is 0 Å². The molecule has 6 nitrogen and oxygen atoms in total. The van der Waals surface area contributed by atoms with Crippen LogP contribution >= 0.6 is 0 Å². The minimum Gasteiger partial charge on any atom is -0.465 e. The summed E-state index contributed by atoms with van der Waals surface area (Å²) in [5.41, 5.74) is 0. The number of rotatable bonds is 5. The van der Waals surface area contributed by atoms with Crippen LogP contribution < -0.4 is 5.32 Å². The fraction of sp³-hybridized carbons (Fsp3) is 0.750. The Labute approximate surface area is 107 Å². The molecule has 0 aromatic heterocycles. The van der Waals surface area contributed by atoms with Crippen LogP contribution in [-0.4, -0.2) is 47.9 Å². The molecule has 2 unspecified atom stereocenters. The molecule has 0 aliphatic carbocycles. The van der Waals surface area contributed by atoms with Gasteiger partial charge in [-0.25, -0.2) is 0 Å². The summed E-state index contributed by atoms with van der Waals surface area (Å²) >= 11 is 0. The summed E-state index contributed by atoms with van der Waals surface area (Å²) in [5, 5.41) is 2.29. The number of carbonyl (C=O) groups is 3. The average molecular weight is 256 g/mol. The third-order valence-electron chi connectivity index (χ3n) is 3.02. The van der Waals surface area contributed by atoms with Gasteiger partial charge in [-0.15, -0.1) is 0 Å². The molecule has 0 radical (unpaired) electrons. The first kappa shape index (κ1) is 14.6. The van der Waals surface area contributed by atoms with E-state index < -0.39 is 12.1 Å². The van der Waals surface area contributed by atoms with Crippen LogP contribution in [0, 0.1) is 0 Å². The van der Waals surface area contributed by atoms with Gasteiger partial charge < -0.3 is 4.74 Å². The van der Waals surface area contributed by atoms with Crippen LogP contribution in [0.25, 0.3) is 0 Å². The number of carbonyl (C=O) groups excluding carboxylic acids is 3. The lowest BCUT2D eigenvalue weighted by molar-refractivity contribution is -0.154. The molecule has 1 N–H and O–H groups in total. The highest BCUT2D eigenvalue weighted by molar-refractivity contribution is 6.01. The summed E-state index contributed by atoms with van der Waals surface area (Å²) in [6.45, 7) is 5.77. The maximum Gasteiger partial charge on any atom is 0.323 e. The molecule has 1 rings (SSSR count). The summed E-state index contributed by atoms with van der Waals surface area (Å²) in [5.74, 6) is -1.08. The highest BCUT2D eigenvalue weighted by Crippen LogP contribution is 2.16. The zero-order valence-electron chi connectivity index (χ0n) is 11.1. The molecular weight excluding hydrogens is 236 g/mol. The van der Waals surface area contributed by atoms with Gasteiger partial charge in [-0.3, -0.25) is 24.6 Å². The van der Waals surface area contributed by atoms with E-state index in [1.807, 2.05) is 13.8 Å². The minimum atomic E-state index is -0.537. The Balaban J connectivity index is 2.89. The third-order valence-corrected chi connectivity index (χ3v) is 3.02. The molecular formula is C12H20N2O4. The van der Waals surface area contributed by atoms with Gasteiger partial charge in [-0.1, -0.05) is 13.8 Å². The van der Waals surface area contributed by atoms with Gasteiger partial charge in [0.25, 0.3) is 0 Å². The summed E-state index contributed by atoms with van der Waals surface area (Å²) in [4.78, 5) is 36.6. The van der Waals surface area contributed by atoms with Crippen molar-refractivity contribution in [2.75, 3.05) is 13.2 Å². The molecule has 1 saturated heterocycles. The number of piperazine rings is 1. The predicted molar refractivity (Wildman–Crippen MR) is 64.6 cm³/mol. The molecule has 0 aromatic carbocycles. The highest BCUT2D eigenvalue weighted by Gasteiger charge is 2.39. The first-order chi connectivity index (χ1) is 8.54. The highest BCUT2D eigenvalue weighted by atomic mass is 16.5. The zero-order valence-corrected chi connectivity index (χ0v) is 11.1. The molecule has 1 aliphatic heterocycles. The van der Waals surface area contributed by atoms with Crippen LogP contribution in [0.15, 0.2) is 0 Å². The maximum absolute atomic E-state index is 11.8. The summed E-state index contributed by atoms with van der Waals surface area (Å²) < 4.78 is 4.99. The van der Waals surface area contributed by atoms with E-state index in [2.05, 4.69) is 5.32 Å². The molecule has 0 spiro atoms. The standard InChI is InChI=1S/C12H20N2O4/c1-4-8-11(16)13-10(15)7-14(8)9(5-2)12(17)18-6-3/h8-9H,4-7H2,1-3H3,(H,13,15,16). The van der Waals surface area contributed by atoms with Crippen LogP contribution in [-0.2, 0) is 19.1 Å². The average Bonchev–Trinajstić information content (AvgIpc) is 2.29. The van der Waals surface area contributed by atoms with Gasteiger partial charge >= 0.3 is 5.97 Å². The van der Waals surface area contributed by atoms with Crippen LogP contribution in [0.2, 0.25) is 0 Å². The molecule has 0 aromatic rings. The van der Waals surface area contributed by atoms with Gasteiger partial charge in [-0.2, -0.15) is 0 Å². The third kappa shape index (κ3) is 3.07. The Morgan fingerprint density at radius 1 is 1.44 bits per heavy atom. The number of ether oxygens (including phenoxy) is 1. The smallest absolute Gasteiger partial charge is 0.323 e. The number of hydrogen-bond acceptors (Lipinski definition) is 5. The number of imide groups is 1. The maximum atomic E-state index is 11.8. The Kier molecular flexibility index (Phi) is 5.27. The van der Waals surface area contributed by atoms with E-state index in [-0.39, 0.29) is 24.3 Å². The van der Waals surface area contributed by atoms with Gasteiger partial charge in [-0.05, 0) is 19.8 Å². The largest absolute Gasteiger partial charge is 0.465 e. The van der Waals surface area contributed by atoms with Crippen molar-refractivity contribution >= 4 is 17.8 Å². The molecule has 1 fully saturated rings. The first-order valence-corrected chi connectivity index (χ1v) is 6.31. The number of nitrogens with zero attached hydrogens (tertiary/aromatic N) is 1. The molecule has 6 heteroatoms. The molecule has 18 heavy (non-hydrogen) atoms. The number of hydrogen-bond donors (Lipinski definition) is 1. The van der Waals surface area contributed by atoms with E-state index in [0.29, 0.717) is 19.4 Å². The lowest BCUT2D eigenvalue weighted by Crippen LogP contribution is -2.62. The normalized spacial score (nSPS) is 22.5. The Morgan fingerprint density at radius 2 is 2.11 bits per heavy atom. The Bertz CT molecular complexity index is 343. The lowest BCUT2D eigenvalue weighted by Gasteiger charge is -2.37. The summed E-state index contributed by atoms with van der Waals surface area (Å²) in [6, 6.07) is -0.984. The molecule has 1 heterocycles.